The normalized spacial score (nSPS) is 10.2. The van der Waals surface area contributed by atoms with E-state index >= 15 is 0 Å². The zero-order valence-electron chi connectivity index (χ0n) is 11.6. The van der Waals surface area contributed by atoms with Crippen LogP contribution in [0.15, 0.2) is 42.5 Å². The van der Waals surface area contributed by atoms with Crippen molar-refractivity contribution >= 4 is 5.69 Å². The van der Waals surface area contributed by atoms with Gasteiger partial charge in [-0.3, -0.25) is 10.1 Å². The second-order valence-corrected chi connectivity index (χ2v) is 4.31. The van der Waals surface area contributed by atoms with E-state index in [1.54, 1.807) is 18.2 Å². The van der Waals surface area contributed by atoms with Crippen molar-refractivity contribution in [1.82, 2.24) is 0 Å². The first-order valence-corrected chi connectivity index (χ1v) is 6.51. The summed E-state index contributed by atoms with van der Waals surface area (Å²) in [5, 5.41) is 10.9. The van der Waals surface area contributed by atoms with Gasteiger partial charge in [0.05, 0.1) is 23.7 Å². The molecule has 0 aliphatic heterocycles. The standard InChI is InChI=1S/C15H16N2O4/c1-2-20-14-7-12(17(18)19)8-15(9-14)21-13-5-3-4-11(6-13)10-16/h3-9H,2,10,16H2,1H3. The molecule has 0 amide bonds. The molecule has 21 heavy (non-hydrogen) atoms. The lowest BCUT2D eigenvalue weighted by atomic mass is 10.2. The summed E-state index contributed by atoms with van der Waals surface area (Å²) in [6.45, 7) is 2.63. The summed E-state index contributed by atoms with van der Waals surface area (Å²) in [5.74, 6) is 1.32. The van der Waals surface area contributed by atoms with Crippen LogP contribution in [-0.2, 0) is 6.54 Å². The molecule has 0 unspecified atom stereocenters. The fourth-order valence-corrected chi connectivity index (χ4v) is 1.84. The van der Waals surface area contributed by atoms with Crippen LogP contribution in [0.3, 0.4) is 0 Å². The average Bonchev–Trinajstić information content (AvgIpc) is 2.47. The fourth-order valence-electron chi connectivity index (χ4n) is 1.84. The Balaban J connectivity index is 2.31. The number of non-ortho nitro benzene ring substituents is 1. The lowest BCUT2D eigenvalue weighted by Gasteiger charge is -2.09. The molecule has 6 heteroatoms. The summed E-state index contributed by atoms with van der Waals surface area (Å²) in [5.41, 5.74) is 6.42. The molecule has 2 aromatic carbocycles. The molecule has 0 saturated heterocycles. The van der Waals surface area contributed by atoms with Gasteiger partial charge in [-0.2, -0.15) is 0 Å². The van der Waals surface area contributed by atoms with Crippen LogP contribution in [0.1, 0.15) is 12.5 Å². The Morgan fingerprint density at radius 3 is 2.57 bits per heavy atom. The summed E-state index contributed by atoms with van der Waals surface area (Å²) in [6, 6.07) is 11.6. The van der Waals surface area contributed by atoms with E-state index in [-0.39, 0.29) is 5.69 Å². The zero-order valence-corrected chi connectivity index (χ0v) is 11.6. The largest absolute Gasteiger partial charge is 0.493 e. The first-order chi connectivity index (χ1) is 10.1. The highest BCUT2D eigenvalue weighted by atomic mass is 16.6. The molecule has 0 bridgehead atoms. The topological polar surface area (TPSA) is 87.6 Å². The quantitative estimate of drug-likeness (QED) is 0.651. The fraction of sp³-hybridized carbons (Fsp3) is 0.200. The van der Waals surface area contributed by atoms with Crippen LogP contribution in [0.25, 0.3) is 0 Å². The van der Waals surface area contributed by atoms with Crippen molar-refractivity contribution in [2.75, 3.05) is 6.61 Å². The molecule has 0 saturated carbocycles. The van der Waals surface area contributed by atoms with E-state index < -0.39 is 4.92 Å². The van der Waals surface area contributed by atoms with E-state index in [1.165, 1.54) is 12.1 Å². The third-order valence-corrected chi connectivity index (χ3v) is 2.76. The van der Waals surface area contributed by atoms with Crippen LogP contribution in [0.5, 0.6) is 17.2 Å². The number of hydrogen-bond donors (Lipinski definition) is 1. The lowest BCUT2D eigenvalue weighted by molar-refractivity contribution is -0.385. The monoisotopic (exact) mass is 288 g/mol. The minimum absolute atomic E-state index is 0.0778. The molecular formula is C15H16N2O4. The SMILES string of the molecule is CCOc1cc(Oc2cccc(CN)c2)cc([N+](=O)[O-])c1. The van der Waals surface area contributed by atoms with Gasteiger partial charge in [0, 0.05) is 12.6 Å². The van der Waals surface area contributed by atoms with Gasteiger partial charge in [0.1, 0.15) is 17.2 Å². The summed E-state index contributed by atoms with van der Waals surface area (Å²) in [4.78, 5) is 10.5. The van der Waals surface area contributed by atoms with Crippen LogP contribution in [0.2, 0.25) is 0 Å². The van der Waals surface area contributed by atoms with Gasteiger partial charge in [0.15, 0.2) is 0 Å². The van der Waals surface area contributed by atoms with E-state index in [1.807, 2.05) is 19.1 Å². The maximum Gasteiger partial charge on any atom is 0.276 e. The van der Waals surface area contributed by atoms with Crippen LogP contribution in [0, 0.1) is 10.1 Å². The highest BCUT2D eigenvalue weighted by Gasteiger charge is 2.12. The number of ether oxygens (including phenoxy) is 2. The minimum Gasteiger partial charge on any atom is -0.493 e. The molecule has 2 rings (SSSR count). The molecule has 0 heterocycles. The maximum atomic E-state index is 10.9. The molecule has 0 spiro atoms. The van der Waals surface area contributed by atoms with E-state index in [0.717, 1.165) is 5.56 Å². The molecule has 6 nitrogen and oxygen atoms in total. The summed E-state index contributed by atoms with van der Waals surface area (Å²) in [7, 11) is 0. The molecule has 0 fully saturated rings. The molecular weight excluding hydrogens is 272 g/mol. The number of benzene rings is 2. The lowest BCUT2D eigenvalue weighted by Crippen LogP contribution is -1.97. The number of hydrogen-bond acceptors (Lipinski definition) is 5. The maximum absolute atomic E-state index is 10.9. The molecule has 0 aliphatic rings. The molecule has 0 radical (unpaired) electrons. The van der Waals surface area contributed by atoms with E-state index in [4.69, 9.17) is 15.2 Å². The van der Waals surface area contributed by atoms with Crippen LogP contribution < -0.4 is 15.2 Å². The average molecular weight is 288 g/mol. The third-order valence-electron chi connectivity index (χ3n) is 2.76. The van der Waals surface area contributed by atoms with E-state index in [2.05, 4.69) is 0 Å². The highest BCUT2D eigenvalue weighted by molar-refractivity contribution is 5.47. The minimum atomic E-state index is -0.480. The van der Waals surface area contributed by atoms with Gasteiger partial charge in [-0.25, -0.2) is 0 Å². The summed E-state index contributed by atoms with van der Waals surface area (Å²) < 4.78 is 11.0. The van der Waals surface area contributed by atoms with Crippen molar-refractivity contribution in [3.63, 3.8) is 0 Å². The second-order valence-electron chi connectivity index (χ2n) is 4.31. The van der Waals surface area contributed by atoms with Gasteiger partial charge < -0.3 is 15.2 Å². The second kappa shape index (κ2) is 6.71. The van der Waals surface area contributed by atoms with E-state index in [9.17, 15) is 10.1 Å². The van der Waals surface area contributed by atoms with Crippen molar-refractivity contribution in [2.24, 2.45) is 5.73 Å². The van der Waals surface area contributed by atoms with Crippen LogP contribution in [0.4, 0.5) is 5.69 Å². The predicted molar refractivity (Wildman–Crippen MR) is 78.7 cm³/mol. The van der Waals surface area contributed by atoms with Crippen LogP contribution >= 0.6 is 0 Å². The molecule has 0 aromatic heterocycles. The Morgan fingerprint density at radius 2 is 1.90 bits per heavy atom. The van der Waals surface area contributed by atoms with Crippen molar-refractivity contribution in [3.8, 4) is 17.2 Å². The summed E-state index contributed by atoms with van der Waals surface area (Å²) >= 11 is 0. The van der Waals surface area contributed by atoms with E-state index in [0.29, 0.717) is 30.4 Å². The van der Waals surface area contributed by atoms with Gasteiger partial charge in [-0.05, 0) is 24.6 Å². The van der Waals surface area contributed by atoms with Gasteiger partial charge in [-0.15, -0.1) is 0 Å². The smallest absolute Gasteiger partial charge is 0.276 e. The number of rotatable bonds is 6. The van der Waals surface area contributed by atoms with Crippen molar-refractivity contribution in [2.45, 2.75) is 13.5 Å². The zero-order chi connectivity index (χ0) is 15.2. The van der Waals surface area contributed by atoms with Gasteiger partial charge in [0.2, 0.25) is 0 Å². The van der Waals surface area contributed by atoms with Gasteiger partial charge in [0.25, 0.3) is 5.69 Å². The Hall–Kier alpha value is -2.60. The van der Waals surface area contributed by atoms with Crippen molar-refractivity contribution in [3.05, 3.63) is 58.1 Å². The van der Waals surface area contributed by atoms with Crippen molar-refractivity contribution < 1.29 is 14.4 Å². The Labute approximate surface area is 122 Å². The number of nitrogens with two attached hydrogens (primary N) is 1. The molecule has 0 atom stereocenters. The third kappa shape index (κ3) is 3.93. The number of nitrogens with zero attached hydrogens (tertiary/aromatic N) is 1. The molecule has 2 aromatic rings. The van der Waals surface area contributed by atoms with Crippen molar-refractivity contribution in [1.29, 1.82) is 0 Å². The molecule has 110 valence electrons. The first-order valence-electron chi connectivity index (χ1n) is 6.51. The number of nitro groups is 1. The Morgan fingerprint density at radius 1 is 1.14 bits per heavy atom. The Kier molecular flexibility index (Phi) is 4.73. The molecule has 2 N–H and O–H groups in total. The van der Waals surface area contributed by atoms with Gasteiger partial charge in [-0.1, -0.05) is 12.1 Å². The van der Waals surface area contributed by atoms with Crippen LogP contribution in [-0.4, -0.2) is 11.5 Å². The molecule has 0 aliphatic carbocycles. The number of nitro benzene ring substituents is 1. The van der Waals surface area contributed by atoms with Gasteiger partial charge >= 0.3 is 0 Å². The Bertz CT molecular complexity index is 643. The highest BCUT2D eigenvalue weighted by Crippen LogP contribution is 2.31. The summed E-state index contributed by atoms with van der Waals surface area (Å²) in [6.07, 6.45) is 0. The predicted octanol–water partition coefficient (Wildman–Crippen LogP) is 3.24. The first kappa shape index (κ1) is 14.8.